The van der Waals surface area contributed by atoms with Crippen LogP contribution in [-0.4, -0.2) is 17.7 Å². The van der Waals surface area contributed by atoms with Crippen molar-refractivity contribution >= 4 is 5.69 Å². The van der Waals surface area contributed by atoms with Crippen LogP contribution in [0, 0.1) is 5.82 Å². The highest BCUT2D eigenvalue weighted by atomic mass is 19.1. The molecule has 1 fully saturated rings. The molecule has 2 nitrogen and oxygen atoms in total. The van der Waals surface area contributed by atoms with Crippen LogP contribution in [0.2, 0.25) is 0 Å². The standard InChI is InChI=1S/C13H18FNO/c1-3-15(11-5-6-11)13-7-4-10(9(2)16)8-12(13)14/h4,7-9,11,16H,3,5-6H2,1-2H3/t9-/m1/s1. The van der Waals surface area contributed by atoms with E-state index in [9.17, 15) is 9.50 Å². The smallest absolute Gasteiger partial charge is 0.146 e. The summed E-state index contributed by atoms with van der Waals surface area (Å²) in [6.07, 6.45) is 1.70. The molecule has 0 aliphatic heterocycles. The molecular formula is C13H18FNO. The maximum Gasteiger partial charge on any atom is 0.146 e. The van der Waals surface area contributed by atoms with Crippen LogP contribution in [-0.2, 0) is 0 Å². The molecule has 1 N–H and O–H groups in total. The molecule has 1 atom stereocenters. The van der Waals surface area contributed by atoms with Gasteiger partial charge in [-0.1, -0.05) is 6.07 Å². The number of halogens is 1. The predicted molar refractivity (Wildman–Crippen MR) is 63.1 cm³/mol. The Kier molecular flexibility index (Phi) is 3.15. The van der Waals surface area contributed by atoms with Gasteiger partial charge in [-0.05, 0) is 44.4 Å². The van der Waals surface area contributed by atoms with Gasteiger partial charge >= 0.3 is 0 Å². The minimum Gasteiger partial charge on any atom is -0.389 e. The van der Waals surface area contributed by atoms with E-state index in [0.29, 0.717) is 17.3 Å². The summed E-state index contributed by atoms with van der Waals surface area (Å²) in [5, 5.41) is 9.38. The average molecular weight is 223 g/mol. The quantitative estimate of drug-likeness (QED) is 0.848. The molecule has 16 heavy (non-hydrogen) atoms. The van der Waals surface area contributed by atoms with Crippen LogP contribution in [0.3, 0.4) is 0 Å². The first-order chi connectivity index (χ1) is 7.63. The van der Waals surface area contributed by atoms with E-state index in [0.717, 1.165) is 19.4 Å². The van der Waals surface area contributed by atoms with Gasteiger partial charge in [0.2, 0.25) is 0 Å². The van der Waals surface area contributed by atoms with Gasteiger partial charge in [-0.25, -0.2) is 4.39 Å². The Morgan fingerprint density at radius 3 is 2.62 bits per heavy atom. The Labute approximate surface area is 95.7 Å². The van der Waals surface area contributed by atoms with Crippen LogP contribution in [0.5, 0.6) is 0 Å². The molecule has 1 saturated carbocycles. The fraction of sp³-hybridized carbons (Fsp3) is 0.538. The lowest BCUT2D eigenvalue weighted by molar-refractivity contribution is 0.199. The van der Waals surface area contributed by atoms with Crippen LogP contribution in [0.15, 0.2) is 18.2 Å². The Morgan fingerprint density at radius 1 is 1.50 bits per heavy atom. The van der Waals surface area contributed by atoms with E-state index < -0.39 is 6.10 Å². The van der Waals surface area contributed by atoms with Crippen molar-refractivity contribution in [2.24, 2.45) is 0 Å². The van der Waals surface area contributed by atoms with Crippen molar-refractivity contribution in [1.82, 2.24) is 0 Å². The highest BCUT2D eigenvalue weighted by Gasteiger charge is 2.29. The zero-order valence-corrected chi connectivity index (χ0v) is 9.78. The van der Waals surface area contributed by atoms with Crippen molar-refractivity contribution in [1.29, 1.82) is 0 Å². The van der Waals surface area contributed by atoms with E-state index in [1.54, 1.807) is 19.1 Å². The minimum atomic E-state index is -0.612. The highest BCUT2D eigenvalue weighted by molar-refractivity contribution is 5.51. The summed E-state index contributed by atoms with van der Waals surface area (Å²) in [6, 6.07) is 5.52. The number of rotatable bonds is 4. The van der Waals surface area contributed by atoms with Crippen LogP contribution in [0.1, 0.15) is 38.4 Å². The van der Waals surface area contributed by atoms with Gasteiger partial charge in [-0.2, -0.15) is 0 Å². The van der Waals surface area contributed by atoms with Gasteiger partial charge in [0.05, 0.1) is 11.8 Å². The zero-order valence-electron chi connectivity index (χ0n) is 9.78. The largest absolute Gasteiger partial charge is 0.389 e. The number of benzene rings is 1. The third kappa shape index (κ3) is 2.19. The van der Waals surface area contributed by atoms with E-state index in [1.165, 1.54) is 6.07 Å². The van der Waals surface area contributed by atoms with Gasteiger partial charge in [0, 0.05) is 12.6 Å². The number of aliphatic hydroxyl groups excluding tert-OH is 1. The summed E-state index contributed by atoms with van der Waals surface area (Å²) in [6.45, 7) is 4.52. The first kappa shape index (κ1) is 11.4. The maximum atomic E-state index is 13.9. The van der Waals surface area contributed by atoms with Gasteiger partial charge in [-0.3, -0.25) is 0 Å². The molecule has 1 aliphatic carbocycles. The first-order valence-corrected chi connectivity index (χ1v) is 5.87. The molecule has 1 aromatic carbocycles. The van der Waals surface area contributed by atoms with E-state index >= 15 is 0 Å². The second kappa shape index (κ2) is 4.42. The van der Waals surface area contributed by atoms with E-state index in [2.05, 4.69) is 4.90 Å². The summed E-state index contributed by atoms with van der Waals surface area (Å²) < 4.78 is 13.9. The molecule has 0 amide bonds. The highest BCUT2D eigenvalue weighted by Crippen LogP contribution is 2.33. The number of hydrogen-bond donors (Lipinski definition) is 1. The Hall–Kier alpha value is -1.09. The molecule has 2 rings (SSSR count). The molecule has 0 unspecified atom stereocenters. The lowest BCUT2D eigenvalue weighted by Gasteiger charge is -2.23. The van der Waals surface area contributed by atoms with E-state index in [-0.39, 0.29) is 5.82 Å². The number of nitrogens with zero attached hydrogens (tertiary/aromatic N) is 1. The topological polar surface area (TPSA) is 23.5 Å². The Balaban J connectivity index is 2.27. The first-order valence-electron chi connectivity index (χ1n) is 5.87. The van der Waals surface area contributed by atoms with Crippen molar-refractivity contribution in [2.45, 2.75) is 38.8 Å². The van der Waals surface area contributed by atoms with Crippen molar-refractivity contribution in [3.63, 3.8) is 0 Å². The van der Waals surface area contributed by atoms with Gasteiger partial charge < -0.3 is 10.0 Å². The summed E-state index contributed by atoms with van der Waals surface area (Å²) in [7, 11) is 0. The van der Waals surface area contributed by atoms with Crippen LogP contribution in [0.25, 0.3) is 0 Å². The van der Waals surface area contributed by atoms with Gasteiger partial charge in [0.15, 0.2) is 0 Å². The summed E-state index contributed by atoms with van der Waals surface area (Å²) in [4.78, 5) is 2.10. The van der Waals surface area contributed by atoms with E-state index in [1.807, 2.05) is 6.92 Å². The molecule has 0 saturated heterocycles. The molecule has 0 spiro atoms. The molecular weight excluding hydrogens is 205 g/mol. The normalized spacial score (nSPS) is 17.2. The summed E-state index contributed by atoms with van der Waals surface area (Å²) in [5.74, 6) is -0.229. The molecule has 1 aliphatic rings. The van der Waals surface area contributed by atoms with Gasteiger partial charge in [0.1, 0.15) is 5.82 Å². The Bertz CT molecular complexity index is 374. The Morgan fingerprint density at radius 2 is 2.19 bits per heavy atom. The van der Waals surface area contributed by atoms with E-state index in [4.69, 9.17) is 0 Å². The zero-order chi connectivity index (χ0) is 11.7. The molecule has 0 radical (unpaired) electrons. The average Bonchev–Trinajstić information content (AvgIpc) is 3.05. The van der Waals surface area contributed by atoms with Crippen LogP contribution in [0.4, 0.5) is 10.1 Å². The fourth-order valence-electron chi connectivity index (χ4n) is 2.03. The SMILES string of the molecule is CCN(c1ccc([C@@H](C)O)cc1F)C1CC1. The van der Waals surface area contributed by atoms with Gasteiger partial charge in [0.25, 0.3) is 0 Å². The van der Waals surface area contributed by atoms with Crippen molar-refractivity contribution in [3.05, 3.63) is 29.6 Å². The lowest BCUT2D eigenvalue weighted by Crippen LogP contribution is -2.26. The second-order valence-electron chi connectivity index (χ2n) is 4.40. The predicted octanol–water partition coefficient (Wildman–Crippen LogP) is 2.87. The number of hydrogen-bond acceptors (Lipinski definition) is 2. The van der Waals surface area contributed by atoms with Crippen molar-refractivity contribution in [2.75, 3.05) is 11.4 Å². The second-order valence-corrected chi connectivity index (χ2v) is 4.40. The molecule has 0 heterocycles. The van der Waals surface area contributed by atoms with Crippen molar-refractivity contribution in [3.8, 4) is 0 Å². The van der Waals surface area contributed by atoms with Crippen LogP contribution < -0.4 is 4.90 Å². The molecule has 0 bridgehead atoms. The third-order valence-corrected chi connectivity index (χ3v) is 3.09. The fourth-order valence-corrected chi connectivity index (χ4v) is 2.03. The number of aliphatic hydroxyl groups is 1. The third-order valence-electron chi connectivity index (χ3n) is 3.09. The van der Waals surface area contributed by atoms with Gasteiger partial charge in [-0.15, -0.1) is 0 Å². The van der Waals surface area contributed by atoms with Crippen molar-refractivity contribution < 1.29 is 9.50 Å². The molecule has 0 aromatic heterocycles. The van der Waals surface area contributed by atoms with Crippen LogP contribution >= 0.6 is 0 Å². The monoisotopic (exact) mass is 223 g/mol. The molecule has 88 valence electrons. The summed E-state index contributed by atoms with van der Waals surface area (Å²) >= 11 is 0. The minimum absolute atomic E-state index is 0.229. The lowest BCUT2D eigenvalue weighted by atomic mass is 10.1. The molecule has 1 aromatic rings. The summed E-state index contributed by atoms with van der Waals surface area (Å²) in [5.41, 5.74) is 1.29. The molecule has 3 heteroatoms. The number of anilines is 1. The maximum absolute atomic E-state index is 13.9.